The molecule has 7 heteroatoms. The number of hydrogen-bond donors (Lipinski definition) is 1. The van der Waals surface area contributed by atoms with Crippen LogP contribution in [0.2, 0.25) is 0 Å². The van der Waals surface area contributed by atoms with Gasteiger partial charge in [0.15, 0.2) is 4.96 Å². The van der Waals surface area contributed by atoms with Gasteiger partial charge in [-0.25, -0.2) is 9.37 Å². The molecule has 2 heterocycles. The van der Waals surface area contributed by atoms with E-state index in [0.29, 0.717) is 9.84 Å². The van der Waals surface area contributed by atoms with Gasteiger partial charge in [-0.3, -0.25) is 9.20 Å². The second-order valence-electron chi connectivity index (χ2n) is 5.96. The van der Waals surface area contributed by atoms with Crippen molar-refractivity contribution in [1.82, 2.24) is 9.38 Å². The van der Waals surface area contributed by atoms with Crippen LogP contribution in [0.3, 0.4) is 0 Å². The molecule has 0 unspecified atom stereocenters. The number of fused-ring (bicyclic) bond motifs is 1. The number of halogens is 1. The normalized spacial score (nSPS) is 10.9. The lowest BCUT2D eigenvalue weighted by Gasteiger charge is -2.05. The van der Waals surface area contributed by atoms with E-state index in [4.69, 9.17) is 4.74 Å². The van der Waals surface area contributed by atoms with E-state index < -0.39 is 5.82 Å². The van der Waals surface area contributed by atoms with Gasteiger partial charge in [0.25, 0.3) is 5.91 Å². The fourth-order valence-corrected chi connectivity index (χ4v) is 3.81. The average Bonchev–Trinajstić information content (AvgIpc) is 3.23. The molecule has 0 fully saturated rings. The van der Waals surface area contributed by atoms with Crippen LogP contribution in [0.5, 0.6) is 5.75 Å². The van der Waals surface area contributed by atoms with E-state index in [1.54, 1.807) is 19.2 Å². The number of ether oxygens (including phenoxy) is 1. The minimum Gasteiger partial charge on any atom is -0.497 e. The summed E-state index contributed by atoms with van der Waals surface area (Å²) in [6, 6.07) is 13.7. The number of thiazole rings is 1. The topological polar surface area (TPSA) is 55.6 Å². The summed E-state index contributed by atoms with van der Waals surface area (Å²) in [4.78, 5) is 18.4. The molecule has 0 spiro atoms. The fraction of sp³-hybridized carbons (Fsp3) is 0.100. The van der Waals surface area contributed by atoms with E-state index in [2.05, 4.69) is 10.3 Å². The van der Waals surface area contributed by atoms with Gasteiger partial charge in [-0.05, 0) is 43.3 Å². The van der Waals surface area contributed by atoms with Crippen LogP contribution >= 0.6 is 11.3 Å². The molecule has 0 saturated heterocycles. The Balaban J connectivity index is 1.64. The SMILES string of the molecule is COc1ccc(-c2cn3c(C)c(C(=O)Nc4ccccc4F)sc3n2)cc1. The number of para-hydroxylation sites is 1. The van der Waals surface area contributed by atoms with Gasteiger partial charge in [0.05, 0.1) is 18.5 Å². The summed E-state index contributed by atoms with van der Waals surface area (Å²) < 4.78 is 20.8. The molecule has 1 N–H and O–H groups in total. The highest BCUT2D eigenvalue weighted by Gasteiger charge is 2.19. The Kier molecular flexibility index (Phi) is 4.37. The summed E-state index contributed by atoms with van der Waals surface area (Å²) in [6.07, 6.45) is 1.89. The number of carbonyl (C=O) groups is 1. The molecule has 0 radical (unpaired) electrons. The number of amides is 1. The van der Waals surface area contributed by atoms with Crippen molar-refractivity contribution in [2.24, 2.45) is 0 Å². The van der Waals surface area contributed by atoms with Crippen molar-refractivity contribution < 1.29 is 13.9 Å². The highest BCUT2D eigenvalue weighted by Crippen LogP contribution is 2.28. The number of aromatic nitrogens is 2. The second kappa shape index (κ2) is 6.85. The monoisotopic (exact) mass is 381 g/mol. The van der Waals surface area contributed by atoms with Crippen molar-refractivity contribution in [3.05, 3.63) is 71.1 Å². The summed E-state index contributed by atoms with van der Waals surface area (Å²) in [6.45, 7) is 1.85. The van der Waals surface area contributed by atoms with Crippen LogP contribution in [0.1, 0.15) is 15.4 Å². The van der Waals surface area contributed by atoms with Crippen molar-refractivity contribution in [1.29, 1.82) is 0 Å². The predicted molar refractivity (Wildman–Crippen MR) is 104 cm³/mol. The van der Waals surface area contributed by atoms with E-state index in [9.17, 15) is 9.18 Å². The molecule has 5 nitrogen and oxygen atoms in total. The van der Waals surface area contributed by atoms with Crippen molar-refractivity contribution in [3.8, 4) is 17.0 Å². The lowest BCUT2D eigenvalue weighted by molar-refractivity contribution is 0.102. The number of rotatable bonds is 4. The summed E-state index contributed by atoms with van der Waals surface area (Å²) >= 11 is 1.27. The number of nitrogens with one attached hydrogen (secondary N) is 1. The molecule has 0 aliphatic heterocycles. The van der Waals surface area contributed by atoms with Crippen molar-refractivity contribution in [3.63, 3.8) is 0 Å². The molecule has 27 heavy (non-hydrogen) atoms. The Labute approximate surface area is 159 Å². The number of anilines is 1. The van der Waals surface area contributed by atoms with Gasteiger partial charge < -0.3 is 10.1 Å². The molecule has 4 aromatic rings. The Morgan fingerprint density at radius 3 is 2.59 bits per heavy atom. The first kappa shape index (κ1) is 17.2. The number of hydrogen-bond acceptors (Lipinski definition) is 4. The van der Waals surface area contributed by atoms with Crippen LogP contribution in [0.4, 0.5) is 10.1 Å². The van der Waals surface area contributed by atoms with Crippen LogP contribution in [-0.2, 0) is 0 Å². The van der Waals surface area contributed by atoms with Crippen molar-refractivity contribution in [2.75, 3.05) is 12.4 Å². The molecular weight excluding hydrogens is 365 g/mol. The Bertz CT molecular complexity index is 1130. The van der Waals surface area contributed by atoms with Gasteiger partial charge in [-0.1, -0.05) is 23.5 Å². The quantitative estimate of drug-likeness (QED) is 0.554. The lowest BCUT2D eigenvalue weighted by atomic mass is 10.2. The first-order valence-electron chi connectivity index (χ1n) is 8.25. The van der Waals surface area contributed by atoms with E-state index in [-0.39, 0.29) is 11.6 Å². The molecule has 0 bridgehead atoms. The number of carbonyl (C=O) groups excluding carboxylic acids is 1. The Morgan fingerprint density at radius 1 is 1.19 bits per heavy atom. The zero-order valence-corrected chi connectivity index (χ0v) is 15.5. The smallest absolute Gasteiger partial charge is 0.267 e. The molecule has 0 aliphatic carbocycles. The summed E-state index contributed by atoms with van der Waals surface area (Å²) in [5.74, 6) is -0.0335. The van der Waals surface area contributed by atoms with Gasteiger partial charge >= 0.3 is 0 Å². The van der Waals surface area contributed by atoms with Crippen LogP contribution in [0.25, 0.3) is 16.2 Å². The van der Waals surface area contributed by atoms with E-state index >= 15 is 0 Å². The largest absolute Gasteiger partial charge is 0.497 e. The minimum atomic E-state index is -0.466. The number of benzene rings is 2. The third-order valence-electron chi connectivity index (χ3n) is 4.27. The molecule has 0 aliphatic rings. The molecular formula is C20H16FN3O2S. The number of imidazole rings is 1. The highest BCUT2D eigenvalue weighted by molar-refractivity contribution is 7.19. The predicted octanol–water partition coefficient (Wildman–Crippen LogP) is 4.77. The van der Waals surface area contributed by atoms with Gasteiger partial charge in [0.2, 0.25) is 0 Å². The molecule has 0 atom stereocenters. The first-order valence-corrected chi connectivity index (χ1v) is 9.07. The molecule has 2 aromatic heterocycles. The van der Waals surface area contributed by atoms with Crippen LogP contribution in [-0.4, -0.2) is 22.4 Å². The number of aryl methyl sites for hydroxylation is 1. The molecule has 136 valence electrons. The van der Waals surface area contributed by atoms with Crippen molar-refractivity contribution >= 4 is 27.9 Å². The molecule has 0 saturated carbocycles. The summed E-state index contributed by atoms with van der Waals surface area (Å²) in [5, 5.41) is 2.62. The molecule has 2 aromatic carbocycles. The Morgan fingerprint density at radius 2 is 1.93 bits per heavy atom. The lowest BCUT2D eigenvalue weighted by Crippen LogP contribution is -2.12. The van der Waals surface area contributed by atoms with Crippen LogP contribution in [0, 0.1) is 12.7 Å². The van der Waals surface area contributed by atoms with E-state index in [1.165, 1.54) is 23.5 Å². The average molecular weight is 381 g/mol. The zero-order valence-electron chi connectivity index (χ0n) is 14.7. The third-order valence-corrected chi connectivity index (χ3v) is 5.43. The summed E-state index contributed by atoms with van der Waals surface area (Å²) in [5.41, 5.74) is 2.69. The van der Waals surface area contributed by atoms with Crippen LogP contribution < -0.4 is 10.1 Å². The standard InChI is InChI=1S/C20H16FN3O2S/c1-12-18(19(25)22-16-6-4-3-5-15(16)21)27-20-23-17(11-24(12)20)13-7-9-14(26-2)10-8-13/h3-11H,1-2H3,(H,22,25). The third kappa shape index (κ3) is 3.17. The fourth-order valence-electron chi connectivity index (χ4n) is 2.80. The van der Waals surface area contributed by atoms with Gasteiger partial charge in [-0.2, -0.15) is 0 Å². The van der Waals surface area contributed by atoms with Crippen LogP contribution in [0.15, 0.2) is 54.7 Å². The van der Waals surface area contributed by atoms with Gasteiger partial charge in [-0.15, -0.1) is 0 Å². The second-order valence-corrected chi connectivity index (χ2v) is 6.94. The maximum absolute atomic E-state index is 13.8. The Hall–Kier alpha value is -3.19. The maximum atomic E-state index is 13.8. The minimum absolute atomic E-state index is 0.159. The molecule has 4 rings (SSSR count). The maximum Gasteiger partial charge on any atom is 0.267 e. The van der Waals surface area contributed by atoms with E-state index in [0.717, 1.165) is 22.7 Å². The highest BCUT2D eigenvalue weighted by atomic mass is 32.1. The van der Waals surface area contributed by atoms with Gasteiger partial charge in [0, 0.05) is 17.5 Å². The first-order chi connectivity index (χ1) is 13.1. The van der Waals surface area contributed by atoms with Crippen molar-refractivity contribution in [2.45, 2.75) is 6.92 Å². The molecule has 1 amide bonds. The number of nitrogens with zero attached hydrogens (tertiary/aromatic N) is 2. The van der Waals surface area contributed by atoms with Gasteiger partial charge in [0.1, 0.15) is 16.4 Å². The zero-order chi connectivity index (χ0) is 19.0. The summed E-state index contributed by atoms with van der Waals surface area (Å²) in [7, 11) is 1.62. The number of methoxy groups -OCH3 is 1. The van der Waals surface area contributed by atoms with E-state index in [1.807, 2.05) is 41.8 Å².